The summed E-state index contributed by atoms with van der Waals surface area (Å²) in [5, 5.41) is 5.68. The zero-order valence-corrected chi connectivity index (χ0v) is 14.3. The molecule has 2 aromatic carbocycles. The number of nitrogens with one attached hydrogen (secondary N) is 2. The van der Waals surface area contributed by atoms with E-state index in [1.54, 1.807) is 18.2 Å². The molecular formula is C18H18N2O3S. The summed E-state index contributed by atoms with van der Waals surface area (Å²) < 4.78 is 5.20. The van der Waals surface area contributed by atoms with Gasteiger partial charge in [-0.1, -0.05) is 18.2 Å². The Labute approximate surface area is 144 Å². The molecule has 5 nitrogen and oxygen atoms in total. The molecule has 1 aliphatic rings. The van der Waals surface area contributed by atoms with Gasteiger partial charge in [0.1, 0.15) is 5.75 Å². The Hall–Kier alpha value is -2.47. The van der Waals surface area contributed by atoms with Crippen LogP contribution in [0.4, 0.5) is 5.69 Å². The Kier molecular flexibility index (Phi) is 4.76. The van der Waals surface area contributed by atoms with Crippen molar-refractivity contribution in [1.29, 1.82) is 0 Å². The molecule has 2 N–H and O–H groups in total. The van der Waals surface area contributed by atoms with Crippen LogP contribution in [-0.2, 0) is 11.3 Å². The number of methoxy groups -OCH3 is 1. The third-order valence-electron chi connectivity index (χ3n) is 3.78. The highest BCUT2D eigenvalue weighted by Crippen LogP contribution is 2.35. The first-order valence-corrected chi connectivity index (χ1v) is 8.48. The largest absolute Gasteiger partial charge is 0.496 e. The van der Waals surface area contributed by atoms with Gasteiger partial charge in [0.15, 0.2) is 0 Å². The molecule has 124 valence electrons. The minimum absolute atomic E-state index is 0.00251. The minimum Gasteiger partial charge on any atom is -0.496 e. The summed E-state index contributed by atoms with van der Waals surface area (Å²) in [6.07, 6.45) is 0. The number of ether oxygens (including phenoxy) is 1. The Morgan fingerprint density at radius 2 is 2.08 bits per heavy atom. The van der Waals surface area contributed by atoms with Crippen molar-refractivity contribution in [3.8, 4) is 5.75 Å². The maximum Gasteiger partial charge on any atom is 0.255 e. The van der Waals surface area contributed by atoms with Crippen LogP contribution >= 0.6 is 11.8 Å². The van der Waals surface area contributed by atoms with Gasteiger partial charge in [-0.25, -0.2) is 0 Å². The van der Waals surface area contributed by atoms with Crippen molar-refractivity contribution in [1.82, 2.24) is 5.32 Å². The predicted molar refractivity (Wildman–Crippen MR) is 94.6 cm³/mol. The monoisotopic (exact) mass is 342 g/mol. The summed E-state index contributed by atoms with van der Waals surface area (Å²) >= 11 is 1.54. The number of benzene rings is 2. The van der Waals surface area contributed by atoms with Gasteiger partial charge in [-0.15, -0.1) is 11.8 Å². The zero-order valence-electron chi connectivity index (χ0n) is 13.5. The van der Waals surface area contributed by atoms with Crippen molar-refractivity contribution in [2.24, 2.45) is 0 Å². The highest BCUT2D eigenvalue weighted by Gasteiger charge is 2.23. The van der Waals surface area contributed by atoms with Gasteiger partial charge in [-0.3, -0.25) is 9.59 Å². The smallest absolute Gasteiger partial charge is 0.255 e. The SMILES string of the molecule is COc1ccccc1C(=O)NCc1ccc2c(c1)NC(=O)C(C)S2. The first-order valence-electron chi connectivity index (χ1n) is 7.60. The van der Waals surface area contributed by atoms with Crippen molar-refractivity contribution in [3.05, 3.63) is 53.6 Å². The standard InChI is InChI=1S/C18H18N2O3S/c1-11-17(21)20-14-9-12(7-8-16(14)24-11)10-19-18(22)13-5-3-4-6-15(13)23-2/h3-9,11H,10H2,1-2H3,(H,19,22)(H,20,21). The van der Waals surface area contributed by atoms with Crippen LogP contribution in [0.3, 0.4) is 0 Å². The third kappa shape index (κ3) is 3.38. The van der Waals surface area contributed by atoms with Gasteiger partial charge in [-0.2, -0.15) is 0 Å². The Bertz CT molecular complexity index is 792. The number of para-hydroxylation sites is 1. The highest BCUT2D eigenvalue weighted by molar-refractivity contribution is 8.00. The van der Waals surface area contributed by atoms with E-state index in [4.69, 9.17) is 4.74 Å². The zero-order chi connectivity index (χ0) is 17.1. The molecule has 0 aromatic heterocycles. The van der Waals surface area contributed by atoms with Gasteiger partial charge in [-0.05, 0) is 36.8 Å². The topological polar surface area (TPSA) is 67.4 Å². The predicted octanol–water partition coefficient (Wildman–Crippen LogP) is 3.06. The normalized spacial score (nSPS) is 16.1. The summed E-state index contributed by atoms with van der Waals surface area (Å²) in [6.45, 7) is 2.25. The van der Waals surface area contributed by atoms with Gasteiger partial charge in [0.25, 0.3) is 5.91 Å². The van der Waals surface area contributed by atoms with E-state index in [1.165, 1.54) is 18.9 Å². The van der Waals surface area contributed by atoms with Gasteiger partial charge in [0.05, 0.1) is 23.6 Å². The van der Waals surface area contributed by atoms with Crippen LogP contribution in [0.5, 0.6) is 5.75 Å². The number of amides is 2. The molecule has 1 heterocycles. The molecule has 0 bridgehead atoms. The van der Waals surface area contributed by atoms with Crippen LogP contribution in [0.15, 0.2) is 47.4 Å². The molecule has 0 fully saturated rings. The van der Waals surface area contributed by atoms with Crippen molar-refractivity contribution in [2.75, 3.05) is 12.4 Å². The van der Waals surface area contributed by atoms with Crippen LogP contribution in [0, 0.1) is 0 Å². The van der Waals surface area contributed by atoms with Gasteiger partial charge < -0.3 is 15.4 Å². The van der Waals surface area contributed by atoms with Gasteiger partial charge in [0, 0.05) is 11.4 Å². The van der Waals surface area contributed by atoms with E-state index in [1.807, 2.05) is 31.2 Å². The van der Waals surface area contributed by atoms with E-state index in [0.717, 1.165) is 16.1 Å². The first kappa shape index (κ1) is 16.4. The molecule has 0 radical (unpaired) electrons. The summed E-state index contributed by atoms with van der Waals surface area (Å²) in [5.41, 5.74) is 2.22. The number of anilines is 1. The third-order valence-corrected chi connectivity index (χ3v) is 4.96. The molecule has 3 rings (SSSR count). The molecule has 2 amide bonds. The molecule has 0 saturated heterocycles. The fourth-order valence-electron chi connectivity index (χ4n) is 2.48. The van der Waals surface area contributed by atoms with Crippen LogP contribution in [-0.4, -0.2) is 24.2 Å². The lowest BCUT2D eigenvalue weighted by Gasteiger charge is -2.22. The molecule has 0 aliphatic carbocycles. The van der Waals surface area contributed by atoms with E-state index in [-0.39, 0.29) is 17.1 Å². The number of carbonyl (C=O) groups is 2. The van der Waals surface area contributed by atoms with E-state index < -0.39 is 0 Å². The number of carbonyl (C=O) groups excluding carboxylic acids is 2. The average molecular weight is 342 g/mol. The number of fused-ring (bicyclic) bond motifs is 1. The van der Waals surface area contributed by atoms with Crippen molar-refractivity contribution in [2.45, 2.75) is 23.6 Å². The van der Waals surface area contributed by atoms with Crippen molar-refractivity contribution in [3.63, 3.8) is 0 Å². The van der Waals surface area contributed by atoms with E-state index in [0.29, 0.717) is 17.9 Å². The maximum atomic E-state index is 12.3. The Morgan fingerprint density at radius 1 is 1.29 bits per heavy atom. The Balaban J connectivity index is 1.70. The number of rotatable bonds is 4. The molecule has 0 spiro atoms. The fourth-order valence-corrected chi connectivity index (χ4v) is 3.41. The fraction of sp³-hybridized carbons (Fsp3) is 0.222. The molecule has 1 unspecified atom stereocenters. The number of hydrogen-bond donors (Lipinski definition) is 2. The number of hydrogen-bond acceptors (Lipinski definition) is 4. The molecule has 6 heteroatoms. The maximum absolute atomic E-state index is 12.3. The lowest BCUT2D eigenvalue weighted by atomic mass is 10.1. The molecule has 0 saturated carbocycles. The molecule has 24 heavy (non-hydrogen) atoms. The number of thioether (sulfide) groups is 1. The van der Waals surface area contributed by atoms with E-state index in [2.05, 4.69) is 10.6 Å². The van der Waals surface area contributed by atoms with Crippen LogP contribution in [0.2, 0.25) is 0 Å². The van der Waals surface area contributed by atoms with Crippen LogP contribution in [0.25, 0.3) is 0 Å². The van der Waals surface area contributed by atoms with Crippen molar-refractivity contribution < 1.29 is 14.3 Å². The van der Waals surface area contributed by atoms with Gasteiger partial charge >= 0.3 is 0 Å². The molecule has 2 aromatic rings. The quantitative estimate of drug-likeness (QED) is 0.896. The van der Waals surface area contributed by atoms with Crippen LogP contribution < -0.4 is 15.4 Å². The minimum atomic E-state index is -0.197. The Morgan fingerprint density at radius 3 is 2.88 bits per heavy atom. The summed E-state index contributed by atoms with van der Waals surface area (Å²) in [4.78, 5) is 25.1. The lowest BCUT2D eigenvalue weighted by Crippen LogP contribution is -2.27. The average Bonchev–Trinajstić information content (AvgIpc) is 2.60. The molecular weight excluding hydrogens is 324 g/mol. The second-order valence-corrected chi connectivity index (χ2v) is 6.85. The van der Waals surface area contributed by atoms with Gasteiger partial charge in [0.2, 0.25) is 5.91 Å². The summed E-state index contributed by atoms with van der Waals surface area (Å²) in [6, 6.07) is 12.9. The van der Waals surface area contributed by atoms with E-state index >= 15 is 0 Å². The first-order chi connectivity index (χ1) is 11.6. The lowest BCUT2D eigenvalue weighted by molar-refractivity contribution is -0.115. The molecule has 1 atom stereocenters. The van der Waals surface area contributed by atoms with E-state index in [9.17, 15) is 9.59 Å². The summed E-state index contributed by atoms with van der Waals surface area (Å²) in [7, 11) is 1.54. The second-order valence-electron chi connectivity index (χ2n) is 5.46. The van der Waals surface area contributed by atoms with Crippen LogP contribution in [0.1, 0.15) is 22.8 Å². The highest BCUT2D eigenvalue weighted by atomic mass is 32.2. The van der Waals surface area contributed by atoms with Crippen molar-refractivity contribution >= 4 is 29.3 Å². The molecule has 1 aliphatic heterocycles. The second kappa shape index (κ2) is 6.97. The summed E-state index contributed by atoms with van der Waals surface area (Å²) in [5.74, 6) is 0.345.